The summed E-state index contributed by atoms with van der Waals surface area (Å²) in [6.45, 7) is 4.16. The van der Waals surface area contributed by atoms with Crippen molar-refractivity contribution in [3.63, 3.8) is 0 Å². The highest BCUT2D eigenvalue weighted by Gasteiger charge is 2.39. The standard InChI is InChI=1S/C12H23NO/c1-11(5-3-2-4-6-11)9-12(14)7-8-13-10-12/h13-14H,2-10H2,1H3. The molecule has 2 heteroatoms. The first-order valence-electron chi connectivity index (χ1n) is 6.05. The molecule has 0 aromatic carbocycles. The smallest absolute Gasteiger partial charge is 0.0788 e. The molecule has 2 nitrogen and oxygen atoms in total. The van der Waals surface area contributed by atoms with E-state index in [0.29, 0.717) is 5.41 Å². The second kappa shape index (κ2) is 3.82. The minimum atomic E-state index is -0.397. The Morgan fingerprint density at radius 1 is 1.14 bits per heavy atom. The number of hydrogen-bond donors (Lipinski definition) is 2. The van der Waals surface area contributed by atoms with Crippen LogP contribution in [0, 0.1) is 5.41 Å². The lowest BCUT2D eigenvalue weighted by Crippen LogP contribution is -2.38. The maximum Gasteiger partial charge on any atom is 0.0788 e. The van der Waals surface area contributed by atoms with Crippen molar-refractivity contribution in [2.75, 3.05) is 13.1 Å². The predicted octanol–water partition coefficient (Wildman–Crippen LogP) is 2.07. The molecule has 1 atom stereocenters. The van der Waals surface area contributed by atoms with E-state index in [0.717, 1.165) is 25.9 Å². The molecule has 0 aromatic rings. The van der Waals surface area contributed by atoms with E-state index < -0.39 is 5.60 Å². The van der Waals surface area contributed by atoms with Crippen LogP contribution >= 0.6 is 0 Å². The summed E-state index contributed by atoms with van der Waals surface area (Å²) in [4.78, 5) is 0. The summed E-state index contributed by atoms with van der Waals surface area (Å²) in [5.74, 6) is 0. The lowest BCUT2D eigenvalue weighted by atomic mass is 9.69. The number of rotatable bonds is 2. The van der Waals surface area contributed by atoms with E-state index in [4.69, 9.17) is 0 Å². The Hall–Kier alpha value is -0.0800. The zero-order valence-corrected chi connectivity index (χ0v) is 9.31. The van der Waals surface area contributed by atoms with Crippen LogP contribution in [0.25, 0.3) is 0 Å². The van der Waals surface area contributed by atoms with Gasteiger partial charge < -0.3 is 10.4 Å². The molecule has 1 heterocycles. The molecule has 0 radical (unpaired) electrons. The number of β-amino-alcohol motifs (C(OH)–C–C–N with tert-alkyl or cyclic N) is 1. The third kappa shape index (κ3) is 2.29. The minimum Gasteiger partial charge on any atom is -0.388 e. The zero-order valence-electron chi connectivity index (χ0n) is 9.31. The average Bonchev–Trinajstić information content (AvgIpc) is 2.52. The number of aliphatic hydroxyl groups is 1. The molecule has 2 rings (SSSR count). The molecule has 0 aromatic heterocycles. The van der Waals surface area contributed by atoms with Crippen molar-refractivity contribution in [2.45, 2.75) is 57.5 Å². The Morgan fingerprint density at radius 3 is 2.43 bits per heavy atom. The molecule has 2 fully saturated rings. The summed E-state index contributed by atoms with van der Waals surface area (Å²) in [7, 11) is 0. The molecule has 0 spiro atoms. The van der Waals surface area contributed by atoms with Gasteiger partial charge in [-0.15, -0.1) is 0 Å². The summed E-state index contributed by atoms with van der Waals surface area (Å²) < 4.78 is 0. The molecule has 1 saturated heterocycles. The van der Waals surface area contributed by atoms with E-state index >= 15 is 0 Å². The van der Waals surface area contributed by atoms with Crippen molar-refractivity contribution in [1.82, 2.24) is 5.32 Å². The fourth-order valence-corrected chi connectivity index (χ4v) is 3.26. The summed E-state index contributed by atoms with van der Waals surface area (Å²) in [6.07, 6.45) is 8.70. The lowest BCUT2D eigenvalue weighted by molar-refractivity contribution is -0.000959. The van der Waals surface area contributed by atoms with E-state index in [-0.39, 0.29) is 0 Å². The Morgan fingerprint density at radius 2 is 1.86 bits per heavy atom. The lowest BCUT2D eigenvalue weighted by Gasteiger charge is -2.39. The van der Waals surface area contributed by atoms with E-state index in [9.17, 15) is 5.11 Å². The van der Waals surface area contributed by atoms with Gasteiger partial charge in [-0.1, -0.05) is 26.2 Å². The van der Waals surface area contributed by atoms with Crippen molar-refractivity contribution >= 4 is 0 Å². The first-order chi connectivity index (χ1) is 6.62. The van der Waals surface area contributed by atoms with Gasteiger partial charge in [-0.3, -0.25) is 0 Å². The van der Waals surface area contributed by atoms with Crippen molar-refractivity contribution < 1.29 is 5.11 Å². The van der Waals surface area contributed by atoms with Gasteiger partial charge in [0, 0.05) is 6.54 Å². The van der Waals surface area contributed by atoms with Gasteiger partial charge in [0.05, 0.1) is 5.60 Å². The summed E-state index contributed by atoms with van der Waals surface area (Å²) in [6, 6.07) is 0. The molecule has 1 saturated carbocycles. The van der Waals surface area contributed by atoms with Crippen LogP contribution in [0.2, 0.25) is 0 Å². The van der Waals surface area contributed by atoms with Gasteiger partial charge in [0.15, 0.2) is 0 Å². The summed E-state index contributed by atoms with van der Waals surface area (Å²) >= 11 is 0. The monoisotopic (exact) mass is 197 g/mol. The van der Waals surface area contributed by atoms with Gasteiger partial charge in [-0.2, -0.15) is 0 Å². The van der Waals surface area contributed by atoms with E-state index in [1.54, 1.807) is 0 Å². The van der Waals surface area contributed by atoms with E-state index in [2.05, 4.69) is 12.2 Å². The molecule has 1 aliphatic carbocycles. The number of hydrogen-bond acceptors (Lipinski definition) is 2. The van der Waals surface area contributed by atoms with Crippen molar-refractivity contribution in [3.05, 3.63) is 0 Å². The van der Waals surface area contributed by atoms with Gasteiger partial charge in [0.2, 0.25) is 0 Å². The molecule has 14 heavy (non-hydrogen) atoms. The molecule has 0 bridgehead atoms. The molecule has 2 aliphatic rings. The van der Waals surface area contributed by atoms with Gasteiger partial charge >= 0.3 is 0 Å². The molecule has 2 N–H and O–H groups in total. The summed E-state index contributed by atoms with van der Waals surface area (Å²) in [5.41, 5.74) is 0.0190. The maximum absolute atomic E-state index is 10.3. The second-order valence-corrected chi connectivity index (χ2v) is 5.70. The normalized spacial score (nSPS) is 37.3. The van der Waals surface area contributed by atoms with Gasteiger partial charge in [0.1, 0.15) is 0 Å². The van der Waals surface area contributed by atoms with Crippen LogP contribution in [0.4, 0.5) is 0 Å². The number of nitrogens with one attached hydrogen (secondary N) is 1. The van der Waals surface area contributed by atoms with E-state index in [1.807, 2.05) is 0 Å². The Kier molecular flexibility index (Phi) is 2.85. The Balaban J connectivity index is 1.94. The highest BCUT2D eigenvalue weighted by molar-refractivity contribution is 4.94. The van der Waals surface area contributed by atoms with Crippen LogP contribution in [-0.2, 0) is 0 Å². The van der Waals surface area contributed by atoms with Crippen LogP contribution in [0.1, 0.15) is 51.9 Å². The van der Waals surface area contributed by atoms with Gasteiger partial charge in [0.25, 0.3) is 0 Å². The molecular weight excluding hydrogens is 174 g/mol. The first kappa shape index (κ1) is 10.4. The van der Waals surface area contributed by atoms with Crippen LogP contribution in [0.3, 0.4) is 0 Å². The van der Waals surface area contributed by atoms with Crippen molar-refractivity contribution in [3.8, 4) is 0 Å². The molecule has 0 amide bonds. The highest BCUT2D eigenvalue weighted by atomic mass is 16.3. The minimum absolute atomic E-state index is 0.397. The van der Waals surface area contributed by atoms with Crippen LogP contribution in [0.5, 0.6) is 0 Å². The predicted molar refractivity (Wildman–Crippen MR) is 58.2 cm³/mol. The molecule has 1 unspecified atom stereocenters. The third-order valence-electron chi connectivity index (χ3n) is 4.04. The third-order valence-corrected chi connectivity index (χ3v) is 4.04. The van der Waals surface area contributed by atoms with Crippen molar-refractivity contribution in [2.24, 2.45) is 5.41 Å². The quantitative estimate of drug-likeness (QED) is 0.710. The largest absolute Gasteiger partial charge is 0.388 e. The van der Waals surface area contributed by atoms with Crippen LogP contribution in [-0.4, -0.2) is 23.8 Å². The second-order valence-electron chi connectivity index (χ2n) is 5.70. The highest BCUT2D eigenvalue weighted by Crippen LogP contribution is 2.43. The van der Waals surface area contributed by atoms with Crippen LogP contribution < -0.4 is 5.32 Å². The maximum atomic E-state index is 10.3. The fourth-order valence-electron chi connectivity index (χ4n) is 3.26. The first-order valence-corrected chi connectivity index (χ1v) is 6.05. The zero-order chi connectivity index (χ0) is 10.1. The molecular formula is C12H23NO. The summed E-state index contributed by atoms with van der Waals surface area (Å²) in [5, 5.41) is 13.6. The SMILES string of the molecule is CC1(CC2(O)CCNC2)CCCCC1. The van der Waals surface area contributed by atoms with Gasteiger partial charge in [-0.25, -0.2) is 0 Å². The Labute approximate surface area is 87.1 Å². The molecule has 82 valence electrons. The topological polar surface area (TPSA) is 32.3 Å². The average molecular weight is 197 g/mol. The van der Waals surface area contributed by atoms with Crippen molar-refractivity contribution in [1.29, 1.82) is 0 Å². The Bertz CT molecular complexity index is 190. The van der Waals surface area contributed by atoms with E-state index in [1.165, 1.54) is 32.1 Å². The van der Waals surface area contributed by atoms with Gasteiger partial charge in [-0.05, 0) is 37.6 Å². The van der Waals surface area contributed by atoms with Crippen LogP contribution in [0.15, 0.2) is 0 Å². The molecule has 1 aliphatic heterocycles. The fraction of sp³-hybridized carbons (Fsp3) is 1.00.